The zero-order chi connectivity index (χ0) is 15.5. The number of aryl methyl sites for hydroxylation is 1. The van der Waals surface area contributed by atoms with E-state index in [1.54, 1.807) is 4.90 Å². The van der Waals surface area contributed by atoms with Crippen molar-refractivity contribution in [3.8, 4) is 0 Å². The van der Waals surface area contributed by atoms with Gasteiger partial charge in [0.2, 0.25) is 11.8 Å². The highest BCUT2D eigenvalue weighted by Gasteiger charge is 2.36. The van der Waals surface area contributed by atoms with Gasteiger partial charge in [0, 0.05) is 19.6 Å². The number of hydrogen-bond donors (Lipinski definition) is 1. The summed E-state index contributed by atoms with van der Waals surface area (Å²) in [5.41, 5.74) is 0. The highest BCUT2D eigenvalue weighted by Crippen LogP contribution is 2.22. The molecular formula is C16H22N2O4. The van der Waals surface area contributed by atoms with E-state index in [-0.39, 0.29) is 17.9 Å². The molecule has 2 aliphatic rings. The second-order valence-corrected chi connectivity index (χ2v) is 5.97. The Morgan fingerprint density at radius 2 is 2.27 bits per heavy atom. The van der Waals surface area contributed by atoms with E-state index >= 15 is 0 Å². The van der Waals surface area contributed by atoms with Crippen molar-refractivity contribution in [1.29, 1.82) is 0 Å². The summed E-state index contributed by atoms with van der Waals surface area (Å²) < 4.78 is 11.0. The summed E-state index contributed by atoms with van der Waals surface area (Å²) >= 11 is 0. The number of likely N-dealkylation sites (tertiary alicyclic amines) is 1. The summed E-state index contributed by atoms with van der Waals surface area (Å²) in [6, 6.07) is 3.31. The van der Waals surface area contributed by atoms with Crippen LogP contribution >= 0.6 is 0 Å². The first-order chi connectivity index (χ1) is 10.6. The molecule has 1 aromatic heterocycles. The molecule has 2 amide bonds. The van der Waals surface area contributed by atoms with Gasteiger partial charge in [-0.25, -0.2) is 0 Å². The minimum absolute atomic E-state index is 0.00585. The zero-order valence-corrected chi connectivity index (χ0v) is 12.8. The van der Waals surface area contributed by atoms with Gasteiger partial charge in [0.05, 0.1) is 12.6 Å². The summed E-state index contributed by atoms with van der Waals surface area (Å²) in [6.45, 7) is 3.51. The average molecular weight is 306 g/mol. The summed E-state index contributed by atoms with van der Waals surface area (Å²) in [7, 11) is 0. The number of carbonyl (C=O) groups excluding carboxylic acids is 2. The molecule has 0 unspecified atom stereocenters. The van der Waals surface area contributed by atoms with Crippen molar-refractivity contribution in [3.63, 3.8) is 0 Å². The molecule has 2 atom stereocenters. The van der Waals surface area contributed by atoms with Gasteiger partial charge in [-0.2, -0.15) is 0 Å². The topological polar surface area (TPSA) is 71.8 Å². The molecule has 1 aromatic rings. The maximum absolute atomic E-state index is 12.4. The number of rotatable bonds is 5. The van der Waals surface area contributed by atoms with Crippen LogP contribution in [0.1, 0.15) is 37.2 Å². The fourth-order valence-corrected chi connectivity index (χ4v) is 3.08. The number of furan rings is 1. The van der Waals surface area contributed by atoms with Gasteiger partial charge in [-0.3, -0.25) is 9.59 Å². The second kappa shape index (κ2) is 6.52. The molecule has 120 valence electrons. The highest BCUT2D eigenvalue weighted by molar-refractivity contribution is 5.90. The minimum atomic E-state index is -0.403. The van der Waals surface area contributed by atoms with Crippen LogP contribution in [-0.4, -0.2) is 42.0 Å². The summed E-state index contributed by atoms with van der Waals surface area (Å²) in [5, 5.41) is 2.92. The van der Waals surface area contributed by atoms with Crippen LogP contribution in [0.2, 0.25) is 0 Å². The van der Waals surface area contributed by atoms with E-state index in [4.69, 9.17) is 9.15 Å². The number of ether oxygens (including phenoxy) is 1. The van der Waals surface area contributed by atoms with Crippen molar-refractivity contribution < 1.29 is 18.7 Å². The number of carbonyl (C=O) groups is 2. The maximum Gasteiger partial charge on any atom is 0.242 e. The normalized spacial score (nSPS) is 25.0. The molecule has 0 saturated carbocycles. The molecule has 2 saturated heterocycles. The van der Waals surface area contributed by atoms with Crippen molar-refractivity contribution in [1.82, 2.24) is 10.2 Å². The first-order valence-corrected chi connectivity index (χ1v) is 7.87. The molecule has 22 heavy (non-hydrogen) atoms. The predicted octanol–water partition coefficient (Wildman–Crippen LogP) is 1.37. The lowest BCUT2D eigenvalue weighted by Gasteiger charge is -2.23. The lowest BCUT2D eigenvalue weighted by Crippen LogP contribution is -2.46. The Bertz CT molecular complexity index is 548. The minimum Gasteiger partial charge on any atom is -0.464 e. The Morgan fingerprint density at radius 3 is 2.95 bits per heavy atom. The van der Waals surface area contributed by atoms with Crippen molar-refractivity contribution in [2.75, 3.05) is 13.2 Å². The molecule has 1 N–H and O–H groups in total. The molecule has 0 spiro atoms. The Kier molecular flexibility index (Phi) is 4.47. The van der Waals surface area contributed by atoms with Gasteiger partial charge >= 0.3 is 0 Å². The lowest BCUT2D eigenvalue weighted by molar-refractivity contribution is -0.136. The lowest BCUT2D eigenvalue weighted by atomic mass is 10.2. The van der Waals surface area contributed by atoms with Gasteiger partial charge in [0.25, 0.3) is 0 Å². The highest BCUT2D eigenvalue weighted by atomic mass is 16.5. The first kappa shape index (κ1) is 15.1. The van der Waals surface area contributed by atoms with E-state index in [1.165, 1.54) is 0 Å². The molecule has 0 radical (unpaired) electrons. The van der Waals surface area contributed by atoms with Crippen LogP contribution in [0.5, 0.6) is 0 Å². The van der Waals surface area contributed by atoms with Crippen LogP contribution in [0.4, 0.5) is 0 Å². The fourth-order valence-electron chi connectivity index (χ4n) is 3.08. The van der Waals surface area contributed by atoms with E-state index in [9.17, 15) is 9.59 Å². The summed E-state index contributed by atoms with van der Waals surface area (Å²) in [4.78, 5) is 26.0. The van der Waals surface area contributed by atoms with E-state index in [0.29, 0.717) is 31.7 Å². The third-order valence-corrected chi connectivity index (χ3v) is 4.28. The van der Waals surface area contributed by atoms with Gasteiger partial charge in [0.1, 0.15) is 17.6 Å². The van der Waals surface area contributed by atoms with Crippen LogP contribution in [0.25, 0.3) is 0 Å². The molecule has 3 rings (SSSR count). The van der Waals surface area contributed by atoms with Crippen LogP contribution in [0.15, 0.2) is 16.5 Å². The van der Waals surface area contributed by atoms with Gasteiger partial charge in [-0.15, -0.1) is 0 Å². The average Bonchev–Trinajstić information content (AvgIpc) is 3.21. The largest absolute Gasteiger partial charge is 0.464 e. The van der Waals surface area contributed by atoms with Crippen LogP contribution in [-0.2, 0) is 20.9 Å². The summed E-state index contributed by atoms with van der Waals surface area (Å²) in [5.74, 6) is 1.43. The Morgan fingerprint density at radius 1 is 1.41 bits per heavy atom. The monoisotopic (exact) mass is 306 g/mol. The molecular weight excluding hydrogens is 284 g/mol. The molecule has 3 heterocycles. The van der Waals surface area contributed by atoms with E-state index in [0.717, 1.165) is 25.2 Å². The zero-order valence-electron chi connectivity index (χ0n) is 12.8. The SMILES string of the molecule is Cc1ccc(CN2C(=O)CC[C@H]2C(=O)NC[C@H]2CCCO2)o1. The summed E-state index contributed by atoms with van der Waals surface area (Å²) in [6.07, 6.45) is 3.13. The molecule has 0 bridgehead atoms. The number of nitrogens with zero attached hydrogens (tertiary/aromatic N) is 1. The van der Waals surface area contributed by atoms with Gasteiger partial charge < -0.3 is 19.4 Å². The number of amides is 2. The predicted molar refractivity (Wildman–Crippen MR) is 79.0 cm³/mol. The second-order valence-electron chi connectivity index (χ2n) is 5.97. The molecule has 0 aromatic carbocycles. The molecule has 6 heteroatoms. The Labute approximate surface area is 129 Å². The van der Waals surface area contributed by atoms with Gasteiger partial charge in [-0.05, 0) is 38.3 Å². The first-order valence-electron chi connectivity index (χ1n) is 7.87. The van der Waals surface area contributed by atoms with E-state index < -0.39 is 6.04 Å². The third kappa shape index (κ3) is 3.32. The van der Waals surface area contributed by atoms with Gasteiger partial charge in [0.15, 0.2) is 0 Å². The molecule has 6 nitrogen and oxygen atoms in total. The maximum atomic E-state index is 12.4. The molecule has 2 aliphatic heterocycles. The van der Waals surface area contributed by atoms with E-state index in [1.807, 2.05) is 19.1 Å². The molecule has 2 fully saturated rings. The van der Waals surface area contributed by atoms with Crippen molar-refractivity contribution in [2.45, 2.75) is 51.3 Å². The molecule has 0 aliphatic carbocycles. The van der Waals surface area contributed by atoms with Crippen molar-refractivity contribution >= 4 is 11.8 Å². The van der Waals surface area contributed by atoms with Crippen LogP contribution in [0.3, 0.4) is 0 Å². The van der Waals surface area contributed by atoms with Crippen molar-refractivity contribution in [2.24, 2.45) is 0 Å². The van der Waals surface area contributed by atoms with Crippen LogP contribution < -0.4 is 5.32 Å². The smallest absolute Gasteiger partial charge is 0.242 e. The van der Waals surface area contributed by atoms with Crippen LogP contribution in [0, 0.1) is 6.92 Å². The van der Waals surface area contributed by atoms with Gasteiger partial charge in [-0.1, -0.05) is 0 Å². The standard InChI is InChI=1S/C16H22N2O4/c1-11-4-5-13(22-11)10-18-14(6-7-15(18)19)16(20)17-9-12-3-2-8-21-12/h4-5,12,14H,2-3,6-10H2,1H3,(H,17,20)/t12-,14+/m1/s1. The number of nitrogens with one attached hydrogen (secondary N) is 1. The third-order valence-electron chi connectivity index (χ3n) is 4.28. The van der Waals surface area contributed by atoms with Crippen molar-refractivity contribution in [3.05, 3.63) is 23.7 Å². The quantitative estimate of drug-likeness (QED) is 0.892. The Hall–Kier alpha value is -1.82. The van der Waals surface area contributed by atoms with E-state index in [2.05, 4.69) is 5.32 Å². The fraction of sp³-hybridized carbons (Fsp3) is 0.625. The number of hydrogen-bond acceptors (Lipinski definition) is 4. The Balaban J connectivity index is 1.58.